The van der Waals surface area contributed by atoms with E-state index in [4.69, 9.17) is 28.4 Å². The summed E-state index contributed by atoms with van der Waals surface area (Å²) in [6, 6.07) is 0. The minimum Gasteiger partial charge on any atom is -0.479 e. The van der Waals surface area contributed by atoms with Gasteiger partial charge in [-0.25, -0.2) is 4.79 Å². The minimum absolute atomic E-state index is 0.0338. The molecular weight excluding hydrogens is 680 g/mol. The van der Waals surface area contributed by atoms with Gasteiger partial charge in [0.15, 0.2) is 30.8 Å². The third-order valence-corrected chi connectivity index (χ3v) is 15.3. The number of carboxylic acid groups (broad SMARTS) is 1. The monoisotopic (exact) mass is 738 g/mol. The zero-order valence-electron chi connectivity index (χ0n) is 30.5. The van der Waals surface area contributed by atoms with E-state index in [2.05, 4.69) is 33.8 Å². The standard InChI is InChI=1S/C38H58O14/c1-16-7-12-38(47-15-16)17(2)24-23(52-38)14-22-20-6-5-18-13-19(8-10-36(18,3)21(20)9-11-37(22,24)4)48-35-31(27(41)26(40)30(49-35)32(44)45)50-34-29(43)25(39)28(42)33(46)51-34/h5,16-17,19-31,33-35,39-43,46H,6-15H2,1-4H3,(H,44,45)/t16-,17?,19+,20?,21?,22?,23?,24?,25+,26+,27+,28-,29-,30+,31-,33-,34-,35-,36+,37+,38-/m1/s1. The molecule has 6 unspecified atom stereocenters. The van der Waals surface area contributed by atoms with E-state index in [0.29, 0.717) is 48.3 Å². The molecule has 52 heavy (non-hydrogen) atoms. The Hall–Kier alpha value is -1.27. The number of carbonyl (C=O) groups is 1. The SMILES string of the molecule is CC1C2C(CC3C4CC=C5C[C@@H](O[C@@H]6O[C@H](C(=O)O)[C@@H](O)[C@H](O)[C@H]6O[C@@H]6O[C@@H](O)[C@H](O)[C@H](O)[C@H]6O)CC[C@]5(C)C4CC[C@@]32C)O[C@]12CC[C@@H](C)CO2. The maximum absolute atomic E-state index is 12.0. The van der Waals surface area contributed by atoms with Gasteiger partial charge in [0.05, 0.1) is 18.8 Å². The maximum Gasteiger partial charge on any atom is 0.335 e. The van der Waals surface area contributed by atoms with Crippen LogP contribution >= 0.6 is 0 Å². The summed E-state index contributed by atoms with van der Waals surface area (Å²) < 4.78 is 36.4. The Kier molecular flexibility index (Phi) is 9.73. The molecule has 1 spiro atoms. The van der Waals surface area contributed by atoms with Gasteiger partial charge in [0, 0.05) is 12.3 Å². The summed E-state index contributed by atoms with van der Waals surface area (Å²) in [4.78, 5) is 12.0. The molecule has 8 rings (SSSR count). The third kappa shape index (κ3) is 5.77. The highest BCUT2D eigenvalue weighted by Crippen LogP contribution is 2.70. The summed E-state index contributed by atoms with van der Waals surface area (Å²) >= 11 is 0. The Morgan fingerprint density at radius 1 is 0.846 bits per heavy atom. The molecule has 0 aromatic rings. The number of rotatable bonds is 5. The topological polar surface area (TPSA) is 214 Å². The van der Waals surface area contributed by atoms with Crippen molar-refractivity contribution in [2.45, 2.75) is 165 Å². The van der Waals surface area contributed by atoms with Crippen LogP contribution in [-0.2, 0) is 33.2 Å². The van der Waals surface area contributed by atoms with Gasteiger partial charge >= 0.3 is 5.97 Å². The van der Waals surface area contributed by atoms with Gasteiger partial charge in [-0.2, -0.15) is 0 Å². The Balaban J connectivity index is 0.973. The van der Waals surface area contributed by atoms with E-state index >= 15 is 0 Å². The lowest BCUT2D eigenvalue weighted by molar-refractivity contribution is -0.385. The van der Waals surface area contributed by atoms with Gasteiger partial charge in [0.25, 0.3) is 0 Å². The molecule has 0 bridgehead atoms. The Morgan fingerprint density at radius 2 is 1.62 bits per heavy atom. The number of hydrogen-bond donors (Lipinski definition) is 7. The maximum atomic E-state index is 12.0. The number of ether oxygens (including phenoxy) is 6. The number of carboxylic acids is 1. The van der Waals surface area contributed by atoms with Crippen LogP contribution in [0.4, 0.5) is 0 Å². The summed E-state index contributed by atoms with van der Waals surface area (Å²) in [5.41, 5.74) is 1.46. The number of fused-ring (bicyclic) bond motifs is 7. The third-order valence-electron chi connectivity index (χ3n) is 15.3. The number of hydrogen-bond acceptors (Lipinski definition) is 13. The molecule has 0 radical (unpaired) electrons. The first-order chi connectivity index (χ1) is 24.6. The average Bonchev–Trinajstić information content (AvgIpc) is 3.56. The molecule has 21 atom stereocenters. The fourth-order valence-electron chi connectivity index (χ4n) is 12.3. The van der Waals surface area contributed by atoms with Crippen molar-refractivity contribution >= 4 is 5.97 Å². The van der Waals surface area contributed by atoms with E-state index in [9.17, 15) is 40.5 Å². The van der Waals surface area contributed by atoms with E-state index < -0.39 is 79.5 Å². The summed E-state index contributed by atoms with van der Waals surface area (Å²) in [5, 5.41) is 72.0. The fourth-order valence-corrected chi connectivity index (χ4v) is 12.3. The molecule has 4 saturated heterocycles. The van der Waals surface area contributed by atoms with Gasteiger partial charge in [-0.3, -0.25) is 0 Å². The summed E-state index contributed by atoms with van der Waals surface area (Å²) in [6.45, 7) is 10.3. The smallest absolute Gasteiger partial charge is 0.335 e. The van der Waals surface area contributed by atoms with Gasteiger partial charge in [-0.05, 0) is 91.8 Å². The molecule has 0 aromatic heterocycles. The predicted molar refractivity (Wildman–Crippen MR) is 179 cm³/mol. The normalized spacial score (nSPS) is 57.4. The highest BCUT2D eigenvalue weighted by molar-refractivity contribution is 5.73. The van der Waals surface area contributed by atoms with Gasteiger partial charge in [0.2, 0.25) is 0 Å². The van der Waals surface area contributed by atoms with Crippen LogP contribution in [0.5, 0.6) is 0 Å². The van der Waals surface area contributed by atoms with E-state index in [1.807, 2.05) is 0 Å². The molecule has 3 saturated carbocycles. The van der Waals surface area contributed by atoms with Crippen LogP contribution in [0.3, 0.4) is 0 Å². The van der Waals surface area contributed by atoms with Crippen LogP contribution in [0.1, 0.15) is 85.5 Å². The fraction of sp³-hybridized carbons (Fsp3) is 0.921. The van der Waals surface area contributed by atoms with Crippen molar-refractivity contribution < 1.29 is 69.0 Å². The Bertz CT molecular complexity index is 1380. The number of aliphatic hydroxyl groups is 6. The van der Waals surface area contributed by atoms with E-state index in [0.717, 1.165) is 51.6 Å². The summed E-state index contributed by atoms with van der Waals surface area (Å²) in [6.07, 6.45) is -7.12. The molecule has 0 aromatic carbocycles. The number of aliphatic carboxylic acids is 1. The highest BCUT2D eigenvalue weighted by Gasteiger charge is 2.69. The van der Waals surface area contributed by atoms with Crippen molar-refractivity contribution in [3.8, 4) is 0 Å². The summed E-state index contributed by atoms with van der Waals surface area (Å²) in [7, 11) is 0. The number of aliphatic hydroxyl groups excluding tert-OH is 6. The lowest BCUT2D eigenvalue weighted by Crippen LogP contribution is -2.65. The van der Waals surface area contributed by atoms with Gasteiger partial charge in [-0.1, -0.05) is 39.3 Å². The van der Waals surface area contributed by atoms with Crippen molar-refractivity contribution in [3.63, 3.8) is 0 Å². The second-order valence-electron chi connectivity index (χ2n) is 18.0. The van der Waals surface area contributed by atoms with E-state index in [1.165, 1.54) is 5.57 Å². The molecule has 14 heteroatoms. The first kappa shape index (κ1) is 37.6. The lowest BCUT2D eigenvalue weighted by Gasteiger charge is -2.58. The van der Waals surface area contributed by atoms with Crippen LogP contribution in [0.2, 0.25) is 0 Å². The van der Waals surface area contributed by atoms with Crippen LogP contribution in [0.25, 0.3) is 0 Å². The van der Waals surface area contributed by atoms with Crippen molar-refractivity contribution in [2.24, 2.45) is 46.3 Å². The first-order valence-electron chi connectivity index (χ1n) is 19.5. The zero-order chi connectivity index (χ0) is 37.1. The molecular formula is C38H58O14. The second kappa shape index (κ2) is 13.4. The average molecular weight is 739 g/mol. The molecule has 8 aliphatic rings. The zero-order valence-corrected chi connectivity index (χ0v) is 30.5. The Labute approximate surface area is 304 Å². The van der Waals surface area contributed by atoms with Crippen molar-refractivity contribution in [2.75, 3.05) is 6.61 Å². The van der Waals surface area contributed by atoms with Gasteiger partial charge in [0.1, 0.15) is 36.6 Å². The molecule has 4 heterocycles. The van der Waals surface area contributed by atoms with Gasteiger partial charge in [-0.15, -0.1) is 0 Å². The second-order valence-corrected chi connectivity index (χ2v) is 18.0. The molecule has 14 nitrogen and oxygen atoms in total. The van der Waals surface area contributed by atoms with Crippen molar-refractivity contribution in [1.82, 2.24) is 0 Å². The first-order valence-corrected chi connectivity index (χ1v) is 19.5. The van der Waals surface area contributed by atoms with Crippen LogP contribution < -0.4 is 0 Å². The predicted octanol–water partition coefficient (Wildman–Crippen LogP) is 1.41. The molecule has 7 fully saturated rings. The number of allylic oxidation sites excluding steroid dienone is 1. The minimum atomic E-state index is -1.92. The van der Waals surface area contributed by atoms with Crippen LogP contribution in [-0.4, -0.2) is 128 Å². The molecule has 0 amide bonds. The largest absolute Gasteiger partial charge is 0.479 e. The molecule has 4 aliphatic carbocycles. The quantitative estimate of drug-likeness (QED) is 0.199. The van der Waals surface area contributed by atoms with Crippen LogP contribution in [0, 0.1) is 46.3 Å². The molecule has 7 N–H and O–H groups in total. The molecule has 4 aliphatic heterocycles. The lowest BCUT2D eigenvalue weighted by atomic mass is 9.47. The highest BCUT2D eigenvalue weighted by atomic mass is 16.8. The Morgan fingerprint density at radius 3 is 2.33 bits per heavy atom. The van der Waals surface area contributed by atoms with Crippen LogP contribution in [0.15, 0.2) is 11.6 Å². The van der Waals surface area contributed by atoms with Crippen molar-refractivity contribution in [3.05, 3.63) is 11.6 Å². The van der Waals surface area contributed by atoms with Crippen molar-refractivity contribution in [1.29, 1.82) is 0 Å². The van der Waals surface area contributed by atoms with E-state index in [1.54, 1.807) is 0 Å². The van der Waals surface area contributed by atoms with Gasteiger partial charge < -0.3 is 64.2 Å². The van der Waals surface area contributed by atoms with E-state index in [-0.39, 0.29) is 16.9 Å². The summed E-state index contributed by atoms with van der Waals surface area (Å²) in [5.74, 6) is 1.10. The molecule has 294 valence electrons.